The van der Waals surface area contributed by atoms with E-state index in [9.17, 15) is 0 Å². The molecular weight excluding hydrogens is 234 g/mol. The number of rotatable bonds is 4. The standard InChI is InChI=1S/C16H23NSi/c1-16(2,3)17-15(13-9-7-8-10-13)18-14-11-5-4-6-12-14/h4-9,11-12,15,17H,10,18H2,1-3H3. The lowest BCUT2D eigenvalue weighted by atomic mass is 10.1. The first-order valence-electron chi connectivity index (χ1n) is 6.72. The zero-order chi connectivity index (χ0) is 13.0. The summed E-state index contributed by atoms with van der Waals surface area (Å²) >= 11 is 0. The summed E-state index contributed by atoms with van der Waals surface area (Å²) in [6, 6.07) is 10.9. The zero-order valence-corrected chi connectivity index (χ0v) is 13.0. The highest BCUT2D eigenvalue weighted by Gasteiger charge is 2.21. The highest BCUT2D eigenvalue weighted by molar-refractivity contribution is 6.55. The molecule has 0 aliphatic heterocycles. The van der Waals surface area contributed by atoms with Gasteiger partial charge < -0.3 is 5.32 Å². The SMILES string of the molecule is CC(C)(C)NC([SiH2]c1ccccc1)C1=CC=CC1. The molecule has 0 aromatic heterocycles. The second-order valence-corrected chi connectivity index (χ2v) is 8.05. The molecular formula is C16H23NSi. The van der Waals surface area contributed by atoms with E-state index in [0.29, 0.717) is 5.67 Å². The Labute approximate surface area is 113 Å². The third-order valence-electron chi connectivity index (χ3n) is 3.14. The molecule has 0 radical (unpaired) electrons. The van der Waals surface area contributed by atoms with Gasteiger partial charge in [-0.15, -0.1) is 0 Å². The lowest BCUT2D eigenvalue weighted by Gasteiger charge is -2.29. The number of allylic oxidation sites excluding steroid dienone is 3. The molecule has 0 amide bonds. The molecule has 1 atom stereocenters. The van der Waals surface area contributed by atoms with Crippen molar-refractivity contribution in [2.45, 2.75) is 38.4 Å². The predicted molar refractivity (Wildman–Crippen MR) is 83.1 cm³/mol. The normalized spacial score (nSPS) is 17.4. The van der Waals surface area contributed by atoms with Crippen LogP contribution in [-0.2, 0) is 0 Å². The first-order chi connectivity index (χ1) is 8.54. The summed E-state index contributed by atoms with van der Waals surface area (Å²) in [4.78, 5) is 0. The summed E-state index contributed by atoms with van der Waals surface area (Å²) in [5, 5.41) is 5.33. The summed E-state index contributed by atoms with van der Waals surface area (Å²) < 4.78 is 0. The average molecular weight is 257 g/mol. The molecule has 2 heteroatoms. The van der Waals surface area contributed by atoms with E-state index in [4.69, 9.17) is 0 Å². The van der Waals surface area contributed by atoms with E-state index in [1.807, 2.05) is 0 Å². The maximum absolute atomic E-state index is 3.80. The molecule has 1 aliphatic rings. The van der Waals surface area contributed by atoms with Crippen molar-refractivity contribution in [3.63, 3.8) is 0 Å². The number of hydrogen-bond acceptors (Lipinski definition) is 1. The van der Waals surface area contributed by atoms with Crippen molar-refractivity contribution in [3.8, 4) is 0 Å². The summed E-state index contributed by atoms with van der Waals surface area (Å²) in [5.41, 5.74) is 2.30. The van der Waals surface area contributed by atoms with Crippen LogP contribution in [0.5, 0.6) is 0 Å². The largest absolute Gasteiger partial charge is 0.308 e. The Balaban J connectivity index is 2.10. The number of nitrogens with one attached hydrogen (secondary N) is 1. The zero-order valence-electron chi connectivity index (χ0n) is 11.6. The van der Waals surface area contributed by atoms with Crippen molar-refractivity contribution < 1.29 is 0 Å². The van der Waals surface area contributed by atoms with E-state index in [1.165, 1.54) is 5.19 Å². The van der Waals surface area contributed by atoms with Crippen LogP contribution in [0.4, 0.5) is 0 Å². The fraction of sp³-hybridized carbons (Fsp3) is 0.375. The molecule has 0 spiro atoms. The van der Waals surface area contributed by atoms with Crippen LogP contribution in [0, 0.1) is 0 Å². The maximum atomic E-state index is 3.80. The Morgan fingerprint density at radius 2 is 1.89 bits per heavy atom. The van der Waals surface area contributed by atoms with Gasteiger partial charge in [0, 0.05) is 11.2 Å². The van der Waals surface area contributed by atoms with Crippen molar-refractivity contribution >= 4 is 14.7 Å². The quantitative estimate of drug-likeness (QED) is 0.815. The van der Waals surface area contributed by atoms with Gasteiger partial charge >= 0.3 is 0 Å². The van der Waals surface area contributed by atoms with E-state index in [0.717, 1.165) is 6.42 Å². The van der Waals surface area contributed by atoms with Gasteiger partial charge in [0.25, 0.3) is 0 Å². The monoisotopic (exact) mass is 257 g/mol. The van der Waals surface area contributed by atoms with Crippen molar-refractivity contribution in [2.75, 3.05) is 0 Å². The third-order valence-corrected chi connectivity index (χ3v) is 5.22. The second kappa shape index (κ2) is 5.68. The van der Waals surface area contributed by atoms with Gasteiger partial charge in [-0.05, 0) is 27.2 Å². The molecule has 0 saturated heterocycles. The van der Waals surface area contributed by atoms with Gasteiger partial charge in [-0.1, -0.05) is 59.3 Å². The average Bonchev–Trinajstić information content (AvgIpc) is 2.81. The summed E-state index contributed by atoms with van der Waals surface area (Å²) in [7, 11) is -0.326. The highest BCUT2D eigenvalue weighted by Crippen LogP contribution is 2.16. The molecule has 1 aromatic carbocycles. The van der Waals surface area contributed by atoms with Crippen LogP contribution in [0.2, 0.25) is 0 Å². The van der Waals surface area contributed by atoms with E-state index in [-0.39, 0.29) is 15.1 Å². The van der Waals surface area contributed by atoms with Crippen LogP contribution in [-0.4, -0.2) is 20.7 Å². The lowest BCUT2D eigenvalue weighted by molar-refractivity contribution is 0.425. The number of hydrogen-bond donors (Lipinski definition) is 1. The van der Waals surface area contributed by atoms with Crippen LogP contribution in [0.25, 0.3) is 0 Å². The van der Waals surface area contributed by atoms with Gasteiger partial charge in [0.15, 0.2) is 0 Å². The molecule has 18 heavy (non-hydrogen) atoms. The number of benzene rings is 1. The van der Waals surface area contributed by atoms with Crippen LogP contribution in [0.15, 0.2) is 54.1 Å². The van der Waals surface area contributed by atoms with Gasteiger partial charge in [0.2, 0.25) is 0 Å². The Morgan fingerprint density at radius 3 is 2.44 bits per heavy atom. The van der Waals surface area contributed by atoms with Crippen LogP contribution in [0.1, 0.15) is 27.2 Å². The minimum absolute atomic E-state index is 0.176. The summed E-state index contributed by atoms with van der Waals surface area (Å²) in [6.07, 6.45) is 7.85. The van der Waals surface area contributed by atoms with Gasteiger partial charge in [0.1, 0.15) is 0 Å². The van der Waals surface area contributed by atoms with Crippen LogP contribution in [0.3, 0.4) is 0 Å². The topological polar surface area (TPSA) is 12.0 Å². The third kappa shape index (κ3) is 3.97. The molecule has 1 nitrogen and oxygen atoms in total. The first kappa shape index (κ1) is 13.3. The second-order valence-electron chi connectivity index (χ2n) is 6.01. The lowest BCUT2D eigenvalue weighted by Crippen LogP contribution is -2.50. The Kier molecular flexibility index (Phi) is 4.20. The van der Waals surface area contributed by atoms with Gasteiger partial charge in [0.05, 0.1) is 9.52 Å². The molecule has 0 heterocycles. The predicted octanol–water partition coefficient (Wildman–Crippen LogP) is 2.08. The highest BCUT2D eigenvalue weighted by atomic mass is 28.2. The minimum atomic E-state index is -0.326. The smallest absolute Gasteiger partial charge is 0.0791 e. The van der Waals surface area contributed by atoms with Crippen LogP contribution < -0.4 is 10.5 Å². The van der Waals surface area contributed by atoms with Gasteiger partial charge in [-0.3, -0.25) is 0 Å². The summed E-state index contributed by atoms with van der Waals surface area (Å²) in [6.45, 7) is 6.76. The molecule has 1 N–H and O–H groups in total. The molecule has 1 aromatic rings. The van der Waals surface area contributed by atoms with Crippen molar-refractivity contribution in [1.29, 1.82) is 0 Å². The molecule has 1 aliphatic carbocycles. The van der Waals surface area contributed by atoms with Crippen molar-refractivity contribution in [2.24, 2.45) is 0 Å². The molecule has 0 fully saturated rings. The Hall–Kier alpha value is -1.12. The molecule has 0 bridgehead atoms. The van der Waals surface area contributed by atoms with E-state index in [2.05, 4.69) is 74.6 Å². The molecule has 0 saturated carbocycles. The maximum Gasteiger partial charge on any atom is 0.0791 e. The van der Waals surface area contributed by atoms with E-state index >= 15 is 0 Å². The van der Waals surface area contributed by atoms with E-state index < -0.39 is 0 Å². The Morgan fingerprint density at radius 1 is 1.17 bits per heavy atom. The first-order valence-corrected chi connectivity index (χ1v) is 8.24. The van der Waals surface area contributed by atoms with Crippen molar-refractivity contribution in [1.82, 2.24) is 5.32 Å². The molecule has 2 rings (SSSR count). The van der Waals surface area contributed by atoms with Crippen LogP contribution >= 0.6 is 0 Å². The minimum Gasteiger partial charge on any atom is -0.308 e. The van der Waals surface area contributed by atoms with Gasteiger partial charge in [-0.2, -0.15) is 0 Å². The molecule has 1 unspecified atom stereocenters. The Bertz CT molecular complexity index is 440. The summed E-state index contributed by atoms with van der Waals surface area (Å²) in [5.74, 6) is 0. The fourth-order valence-corrected chi connectivity index (χ4v) is 4.66. The molecule has 96 valence electrons. The fourth-order valence-electron chi connectivity index (χ4n) is 2.37. The van der Waals surface area contributed by atoms with Gasteiger partial charge in [-0.25, -0.2) is 0 Å². The van der Waals surface area contributed by atoms with E-state index in [1.54, 1.807) is 5.57 Å². The van der Waals surface area contributed by atoms with Crippen molar-refractivity contribution in [3.05, 3.63) is 54.1 Å².